The summed E-state index contributed by atoms with van der Waals surface area (Å²) in [5.74, 6) is 1.80. The van der Waals surface area contributed by atoms with Gasteiger partial charge in [-0.25, -0.2) is 0 Å². The van der Waals surface area contributed by atoms with Crippen molar-refractivity contribution in [3.8, 4) is 0 Å². The van der Waals surface area contributed by atoms with Crippen LogP contribution in [0.15, 0.2) is 34.7 Å². The third kappa shape index (κ3) is 4.15. The quantitative estimate of drug-likeness (QED) is 0.845. The third-order valence-corrected chi connectivity index (χ3v) is 4.20. The van der Waals surface area contributed by atoms with Crippen molar-refractivity contribution in [2.45, 2.75) is 40.7 Å². The zero-order valence-electron chi connectivity index (χ0n) is 14.6. The van der Waals surface area contributed by atoms with Crippen molar-refractivity contribution in [3.05, 3.63) is 53.0 Å². The van der Waals surface area contributed by atoms with Gasteiger partial charge < -0.3 is 15.1 Å². The average molecular weight is 314 g/mol. The molecule has 4 nitrogen and oxygen atoms in total. The molecule has 2 rings (SSSR count). The van der Waals surface area contributed by atoms with Crippen molar-refractivity contribution in [2.75, 3.05) is 11.9 Å². The van der Waals surface area contributed by atoms with E-state index in [9.17, 15) is 4.79 Å². The maximum Gasteiger partial charge on any atom is 0.255 e. The van der Waals surface area contributed by atoms with Crippen molar-refractivity contribution < 1.29 is 9.21 Å². The number of aryl methyl sites for hydroxylation is 2. The van der Waals surface area contributed by atoms with Gasteiger partial charge in [-0.1, -0.05) is 32.0 Å². The normalized spacial score (nSPS) is 12.3. The van der Waals surface area contributed by atoms with Crippen LogP contribution in [0, 0.1) is 26.7 Å². The Bertz CT molecular complexity index is 660. The SMILES string of the molecule is Cc1oc(C)c(C(=O)NCC(Nc2ccccc2)C(C)C)c1C. The van der Waals surface area contributed by atoms with E-state index < -0.39 is 0 Å². The minimum Gasteiger partial charge on any atom is -0.466 e. The van der Waals surface area contributed by atoms with Crippen LogP contribution in [-0.4, -0.2) is 18.5 Å². The molecule has 1 amide bonds. The first kappa shape index (κ1) is 17.1. The maximum atomic E-state index is 12.5. The van der Waals surface area contributed by atoms with Crippen LogP contribution in [0.4, 0.5) is 5.69 Å². The Morgan fingerprint density at radius 2 is 1.74 bits per heavy atom. The molecular formula is C19H26N2O2. The largest absolute Gasteiger partial charge is 0.466 e. The van der Waals surface area contributed by atoms with Crippen LogP contribution in [-0.2, 0) is 0 Å². The van der Waals surface area contributed by atoms with Crippen LogP contribution in [0.2, 0.25) is 0 Å². The van der Waals surface area contributed by atoms with Crippen LogP contribution in [0.5, 0.6) is 0 Å². The van der Waals surface area contributed by atoms with Crippen molar-refractivity contribution in [3.63, 3.8) is 0 Å². The highest BCUT2D eigenvalue weighted by molar-refractivity contribution is 5.96. The van der Waals surface area contributed by atoms with E-state index >= 15 is 0 Å². The van der Waals surface area contributed by atoms with E-state index in [1.54, 1.807) is 0 Å². The third-order valence-electron chi connectivity index (χ3n) is 4.20. The molecule has 2 N–H and O–H groups in total. The maximum absolute atomic E-state index is 12.5. The highest BCUT2D eigenvalue weighted by Gasteiger charge is 2.20. The lowest BCUT2D eigenvalue weighted by atomic mass is 10.0. The van der Waals surface area contributed by atoms with Gasteiger partial charge in [0.2, 0.25) is 0 Å². The smallest absolute Gasteiger partial charge is 0.255 e. The molecule has 1 heterocycles. The van der Waals surface area contributed by atoms with Crippen molar-refractivity contribution >= 4 is 11.6 Å². The van der Waals surface area contributed by atoms with Crippen LogP contribution < -0.4 is 10.6 Å². The van der Waals surface area contributed by atoms with Crippen LogP contribution in [0.1, 0.15) is 41.3 Å². The Hall–Kier alpha value is -2.23. The van der Waals surface area contributed by atoms with E-state index in [1.807, 2.05) is 51.1 Å². The summed E-state index contributed by atoms with van der Waals surface area (Å²) in [6, 6.07) is 10.2. The molecule has 1 unspecified atom stereocenters. The molecule has 124 valence electrons. The number of rotatable bonds is 6. The minimum absolute atomic E-state index is 0.0719. The van der Waals surface area contributed by atoms with E-state index in [0.717, 1.165) is 17.0 Å². The topological polar surface area (TPSA) is 54.3 Å². The Morgan fingerprint density at radius 1 is 1.09 bits per heavy atom. The summed E-state index contributed by atoms with van der Waals surface area (Å²) >= 11 is 0. The van der Waals surface area contributed by atoms with E-state index in [0.29, 0.717) is 23.8 Å². The molecular weight excluding hydrogens is 288 g/mol. The Kier molecular flexibility index (Phi) is 5.48. The number of amides is 1. The van der Waals surface area contributed by atoms with Gasteiger partial charge in [0.15, 0.2) is 0 Å². The van der Waals surface area contributed by atoms with Crippen molar-refractivity contribution in [1.82, 2.24) is 5.32 Å². The molecule has 0 bridgehead atoms. The molecule has 0 saturated carbocycles. The minimum atomic E-state index is -0.0719. The molecule has 0 fully saturated rings. The number of hydrogen-bond donors (Lipinski definition) is 2. The Labute approximate surface area is 138 Å². The molecule has 2 aromatic rings. The Balaban J connectivity index is 2.02. The second-order valence-corrected chi connectivity index (χ2v) is 6.29. The summed E-state index contributed by atoms with van der Waals surface area (Å²) < 4.78 is 5.54. The summed E-state index contributed by atoms with van der Waals surface area (Å²) in [7, 11) is 0. The number of furan rings is 1. The van der Waals surface area contributed by atoms with Gasteiger partial charge in [0.25, 0.3) is 5.91 Å². The molecule has 4 heteroatoms. The van der Waals surface area contributed by atoms with Crippen molar-refractivity contribution in [1.29, 1.82) is 0 Å². The van der Waals surface area contributed by atoms with Gasteiger partial charge in [-0.15, -0.1) is 0 Å². The number of carbonyl (C=O) groups is 1. The van der Waals surface area contributed by atoms with E-state index in [2.05, 4.69) is 24.5 Å². The highest BCUT2D eigenvalue weighted by atomic mass is 16.3. The first-order valence-electron chi connectivity index (χ1n) is 8.06. The van der Waals surface area contributed by atoms with Crippen LogP contribution >= 0.6 is 0 Å². The summed E-state index contributed by atoms with van der Waals surface area (Å²) in [6.45, 7) is 10.5. The first-order chi connectivity index (χ1) is 10.9. The van der Waals surface area contributed by atoms with Gasteiger partial charge in [0, 0.05) is 23.8 Å². The first-order valence-corrected chi connectivity index (χ1v) is 8.06. The fourth-order valence-electron chi connectivity index (χ4n) is 2.62. The molecule has 0 radical (unpaired) electrons. The molecule has 1 atom stereocenters. The van der Waals surface area contributed by atoms with Gasteiger partial charge in [0.1, 0.15) is 11.5 Å². The predicted octanol–water partition coefficient (Wildman–Crippen LogP) is 4.07. The molecule has 0 saturated heterocycles. The number of hydrogen-bond acceptors (Lipinski definition) is 3. The van der Waals surface area contributed by atoms with E-state index in [1.165, 1.54) is 0 Å². The van der Waals surface area contributed by atoms with Crippen molar-refractivity contribution in [2.24, 2.45) is 5.92 Å². The number of para-hydroxylation sites is 1. The molecule has 23 heavy (non-hydrogen) atoms. The number of benzene rings is 1. The van der Waals surface area contributed by atoms with Gasteiger partial charge in [-0.05, 0) is 38.8 Å². The standard InChI is InChI=1S/C19H26N2O2/c1-12(2)17(21-16-9-7-6-8-10-16)11-20-19(22)18-13(3)14(4)23-15(18)5/h6-10,12,17,21H,11H2,1-5H3,(H,20,22). The van der Waals surface area contributed by atoms with E-state index in [-0.39, 0.29) is 11.9 Å². The highest BCUT2D eigenvalue weighted by Crippen LogP contribution is 2.20. The molecule has 0 spiro atoms. The molecule has 1 aromatic heterocycles. The monoisotopic (exact) mass is 314 g/mol. The fraction of sp³-hybridized carbons (Fsp3) is 0.421. The predicted molar refractivity (Wildman–Crippen MR) is 93.9 cm³/mol. The number of carbonyl (C=O) groups excluding carboxylic acids is 1. The fourth-order valence-corrected chi connectivity index (χ4v) is 2.62. The Morgan fingerprint density at radius 3 is 2.26 bits per heavy atom. The van der Waals surface area contributed by atoms with E-state index in [4.69, 9.17) is 4.42 Å². The summed E-state index contributed by atoms with van der Waals surface area (Å²) in [4.78, 5) is 12.5. The zero-order chi connectivity index (χ0) is 17.0. The van der Waals surface area contributed by atoms with Gasteiger partial charge in [-0.2, -0.15) is 0 Å². The van der Waals surface area contributed by atoms with Gasteiger partial charge >= 0.3 is 0 Å². The molecule has 1 aromatic carbocycles. The van der Waals surface area contributed by atoms with Crippen LogP contribution in [0.25, 0.3) is 0 Å². The number of anilines is 1. The summed E-state index contributed by atoms with van der Waals surface area (Å²) in [6.07, 6.45) is 0. The summed E-state index contributed by atoms with van der Waals surface area (Å²) in [5.41, 5.74) is 2.63. The lowest BCUT2D eigenvalue weighted by molar-refractivity contribution is 0.0948. The lowest BCUT2D eigenvalue weighted by Gasteiger charge is -2.24. The molecule has 0 aliphatic rings. The molecule has 0 aliphatic carbocycles. The lowest BCUT2D eigenvalue weighted by Crippen LogP contribution is -2.39. The second-order valence-electron chi connectivity index (χ2n) is 6.29. The number of nitrogens with one attached hydrogen (secondary N) is 2. The van der Waals surface area contributed by atoms with Gasteiger partial charge in [0.05, 0.1) is 5.56 Å². The van der Waals surface area contributed by atoms with Gasteiger partial charge in [-0.3, -0.25) is 4.79 Å². The molecule has 0 aliphatic heterocycles. The van der Waals surface area contributed by atoms with Crippen LogP contribution in [0.3, 0.4) is 0 Å². The zero-order valence-corrected chi connectivity index (χ0v) is 14.6. The second kappa shape index (κ2) is 7.36. The summed E-state index contributed by atoms with van der Waals surface area (Å²) in [5, 5.41) is 6.52. The average Bonchev–Trinajstić information content (AvgIpc) is 2.77.